The van der Waals surface area contributed by atoms with Crippen molar-refractivity contribution >= 4 is 57.8 Å². The van der Waals surface area contributed by atoms with Crippen LogP contribution in [-0.4, -0.2) is 36.3 Å². The maximum Gasteiger partial charge on any atom is 0.228 e. The smallest absolute Gasteiger partial charge is 0.228 e. The second-order valence-corrected chi connectivity index (χ2v) is 13.3. The molecule has 1 fully saturated rings. The van der Waals surface area contributed by atoms with E-state index >= 15 is 0 Å². The molecule has 3 aromatic rings. The third kappa shape index (κ3) is 5.55. The standard InChI is InChI=1S/C25H30ClN4O2PS/c1-3-33(32,4-2)20-7-5-19(6-8-20)29-24-23(26)21(11-14-28-24)18-15-22(34-16-18)30-25(31)17-9-12-27-13-10-17/h5-8,11,14-17,27H,3-4,9-10,12-13H2,1-2H3,(H,28,29)(H,30,31). The fourth-order valence-corrected chi connectivity index (χ4v) is 7.09. The monoisotopic (exact) mass is 516 g/mol. The lowest BCUT2D eigenvalue weighted by Crippen LogP contribution is -2.34. The van der Waals surface area contributed by atoms with Gasteiger partial charge in [-0.3, -0.25) is 4.79 Å². The minimum absolute atomic E-state index is 0.0575. The summed E-state index contributed by atoms with van der Waals surface area (Å²) in [5, 5.41) is 13.8. The SMILES string of the molecule is CCP(=O)(CC)c1ccc(Nc2nccc(-c3csc(NC(=O)C4CCNCC4)c3)c2Cl)cc1. The van der Waals surface area contributed by atoms with E-state index in [9.17, 15) is 9.36 Å². The zero-order valence-electron chi connectivity index (χ0n) is 19.4. The van der Waals surface area contributed by atoms with Gasteiger partial charge in [-0.15, -0.1) is 11.3 Å². The molecule has 0 aliphatic carbocycles. The Kier molecular flexibility index (Phi) is 8.10. The number of amides is 1. The Morgan fingerprint density at radius 2 is 1.88 bits per heavy atom. The van der Waals surface area contributed by atoms with E-state index in [1.165, 1.54) is 11.3 Å². The predicted molar refractivity (Wildman–Crippen MR) is 145 cm³/mol. The summed E-state index contributed by atoms with van der Waals surface area (Å²) in [6, 6.07) is 11.5. The maximum absolute atomic E-state index is 13.0. The molecule has 0 radical (unpaired) electrons. The molecule has 2 aromatic heterocycles. The third-order valence-corrected chi connectivity index (χ3v) is 10.9. The van der Waals surface area contributed by atoms with Crippen molar-refractivity contribution in [1.82, 2.24) is 10.3 Å². The number of benzene rings is 1. The summed E-state index contributed by atoms with van der Waals surface area (Å²) >= 11 is 8.21. The summed E-state index contributed by atoms with van der Waals surface area (Å²) in [6.07, 6.45) is 4.76. The summed E-state index contributed by atoms with van der Waals surface area (Å²) in [4.78, 5) is 17.0. The first-order chi connectivity index (χ1) is 16.4. The van der Waals surface area contributed by atoms with Crippen LogP contribution in [0.2, 0.25) is 5.02 Å². The Bertz CT molecular complexity index is 1180. The largest absolute Gasteiger partial charge is 0.339 e. The molecule has 1 amide bonds. The van der Waals surface area contributed by atoms with Crippen LogP contribution < -0.4 is 21.3 Å². The summed E-state index contributed by atoms with van der Waals surface area (Å²) in [6.45, 7) is 5.71. The van der Waals surface area contributed by atoms with E-state index in [4.69, 9.17) is 11.6 Å². The highest BCUT2D eigenvalue weighted by atomic mass is 35.5. The molecule has 1 aliphatic heterocycles. The minimum Gasteiger partial charge on any atom is -0.339 e. The van der Waals surface area contributed by atoms with Crippen LogP contribution in [0, 0.1) is 5.92 Å². The van der Waals surface area contributed by atoms with Gasteiger partial charge >= 0.3 is 0 Å². The van der Waals surface area contributed by atoms with Crippen LogP contribution in [0.4, 0.5) is 16.5 Å². The number of anilines is 3. The number of carbonyl (C=O) groups excluding carboxylic acids is 1. The normalized spacial score (nSPS) is 14.7. The lowest BCUT2D eigenvalue weighted by Gasteiger charge is -2.21. The highest BCUT2D eigenvalue weighted by Gasteiger charge is 2.22. The Morgan fingerprint density at radius 1 is 1.18 bits per heavy atom. The van der Waals surface area contributed by atoms with E-state index in [-0.39, 0.29) is 11.8 Å². The molecule has 4 rings (SSSR count). The van der Waals surface area contributed by atoms with Gasteiger partial charge in [-0.05, 0) is 67.9 Å². The zero-order chi connectivity index (χ0) is 24.1. The highest BCUT2D eigenvalue weighted by Crippen LogP contribution is 2.43. The van der Waals surface area contributed by atoms with Crippen LogP contribution in [0.5, 0.6) is 0 Å². The highest BCUT2D eigenvalue weighted by molar-refractivity contribution is 7.71. The van der Waals surface area contributed by atoms with E-state index in [0.717, 1.165) is 53.1 Å². The number of rotatable bonds is 8. The molecule has 1 saturated heterocycles. The first-order valence-corrected chi connectivity index (χ1v) is 15.0. The van der Waals surface area contributed by atoms with E-state index < -0.39 is 7.14 Å². The fraction of sp³-hybridized carbons (Fsp3) is 0.360. The number of hydrogen-bond donors (Lipinski definition) is 3. The van der Waals surface area contributed by atoms with Gasteiger partial charge in [0.1, 0.15) is 13.0 Å². The van der Waals surface area contributed by atoms with Crippen LogP contribution in [0.25, 0.3) is 11.1 Å². The van der Waals surface area contributed by atoms with Crippen molar-refractivity contribution in [3.05, 3.63) is 53.0 Å². The quantitative estimate of drug-likeness (QED) is 0.312. The topological polar surface area (TPSA) is 83.1 Å². The summed E-state index contributed by atoms with van der Waals surface area (Å²) < 4.78 is 13.0. The van der Waals surface area contributed by atoms with Crippen molar-refractivity contribution in [2.24, 2.45) is 5.92 Å². The van der Waals surface area contributed by atoms with E-state index in [2.05, 4.69) is 20.9 Å². The Hall–Kier alpha value is -2.18. The Labute approximate surface area is 209 Å². The van der Waals surface area contributed by atoms with Gasteiger partial charge in [0.25, 0.3) is 0 Å². The number of aromatic nitrogens is 1. The Balaban J connectivity index is 1.48. The minimum atomic E-state index is -2.31. The van der Waals surface area contributed by atoms with Crippen LogP contribution in [-0.2, 0) is 9.36 Å². The van der Waals surface area contributed by atoms with Crippen LogP contribution in [0.1, 0.15) is 26.7 Å². The molecular formula is C25H30ClN4O2PS. The van der Waals surface area contributed by atoms with E-state index in [0.29, 0.717) is 23.2 Å². The van der Waals surface area contributed by atoms with Gasteiger partial charge in [-0.2, -0.15) is 0 Å². The molecule has 180 valence electrons. The van der Waals surface area contributed by atoms with Crippen molar-refractivity contribution < 1.29 is 9.36 Å². The van der Waals surface area contributed by atoms with Gasteiger partial charge < -0.3 is 20.5 Å². The average Bonchev–Trinajstić information content (AvgIpc) is 3.34. The van der Waals surface area contributed by atoms with Gasteiger partial charge in [0.15, 0.2) is 0 Å². The van der Waals surface area contributed by atoms with Gasteiger partial charge in [-0.25, -0.2) is 4.98 Å². The summed E-state index contributed by atoms with van der Waals surface area (Å²) in [7, 11) is -2.31. The number of halogens is 1. The molecule has 0 atom stereocenters. The molecule has 1 aromatic carbocycles. The predicted octanol–water partition coefficient (Wildman–Crippen LogP) is 6.17. The van der Waals surface area contributed by atoms with Crippen molar-refractivity contribution in [2.45, 2.75) is 26.7 Å². The number of nitrogens with one attached hydrogen (secondary N) is 3. The molecular weight excluding hydrogens is 487 g/mol. The van der Waals surface area contributed by atoms with Gasteiger partial charge in [0, 0.05) is 46.4 Å². The first-order valence-electron chi connectivity index (χ1n) is 11.6. The molecule has 3 N–H and O–H groups in total. The molecule has 6 nitrogen and oxygen atoms in total. The van der Waals surface area contributed by atoms with Gasteiger partial charge in [0.05, 0.1) is 10.0 Å². The first kappa shape index (κ1) is 24.9. The van der Waals surface area contributed by atoms with Gasteiger partial charge in [-0.1, -0.05) is 25.4 Å². The maximum atomic E-state index is 13.0. The summed E-state index contributed by atoms with van der Waals surface area (Å²) in [5.74, 6) is 0.687. The molecule has 1 aliphatic rings. The Morgan fingerprint density at radius 3 is 2.56 bits per heavy atom. The average molecular weight is 517 g/mol. The fourth-order valence-electron chi connectivity index (χ4n) is 4.15. The molecule has 0 spiro atoms. The number of thiophene rings is 1. The number of piperidine rings is 1. The van der Waals surface area contributed by atoms with Crippen LogP contribution in [0.15, 0.2) is 48.0 Å². The van der Waals surface area contributed by atoms with Crippen molar-refractivity contribution in [1.29, 1.82) is 0 Å². The third-order valence-electron chi connectivity index (χ3n) is 6.38. The molecule has 0 bridgehead atoms. The van der Waals surface area contributed by atoms with E-state index in [1.54, 1.807) is 6.20 Å². The molecule has 34 heavy (non-hydrogen) atoms. The van der Waals surface area contributed by atoms with Crippen LogP contribution >= 0.6 is 30.1 Å². The lowest BCUT2D eigenvalue weighted by molar-refractivity contribution is -0.120. The number of hydrogen-bond acceptors (Lipinski definition) is 6. The van der Waals surface area contributed by atoms with E-state index in [1.807, 2.05) is 55.6 Å². The van der Waals surface area contributed by atoms with Crippen molar-refractivity contribution in [3.8, 4) is 11.1 Å². The second-order valence-electron chi connectivity index (χ2n) is 8.43. The number of pyridine rings is 1. The molecule has 3 heterocycles. The van der Waals surface area contributed by atoms with Crippen molar-refractivity contribution in [2.75, 3.05) is 36.0 Å². The molecule has 9 heteroatoms. The molecule has 0 unspecified atom stereocenters. The lowest BCUT2D eigenvalue weighted by atomic mass is 9.97. The number of carbonyl (C=O) groups is 1. The van der Waals surface area contributed by atoms with Crippen molar-refractivity contribution in [3.63, 3.8) is 0 Å². The second kappa shape index (κ2) is 11.0. The molecule has 0 saturated carbocycles. The zero-order valence-corrected chi connectivity index (χ0v) is 21.9. The van der Waals surface area contributed by atoms with Gasteiger partial charge in [0.2, 0.25) is 5.91 Å². The number of nitrogens with zero attached hydrogens (tertiary/aromatic N) is 1. The summed E-state index contributed by atoms with van der Waals surface area (Å²) in [5.41, 5.74) is 2.61. The van der Waals surface area contributed by atoms with Crippen LogP contribution in [0.3, 0.4) is 0 Å².